The number of nitrogen functional groups attached to an aromatic ring is 1. The predicted molar refractivity (Wildman–Crippen MR) is 79.8 cm³/mol. The summed E-state index contributed by atoms with van der Waals surface area (Å²) in [7, 11) is 2.08. The van der Waals surface area contributed by atoms with Crippen LogP contribution in [0.1, 0.15) is 16.6 Å². The van der Waals surface area contributed by atoms with E-state index in [9.17, 15) is 4.79 Å². The number of carbonyl (C=O) groups is 1. The van der Waals surface area contributed by atoms with E-state index in [1.165, 1.54) is 11.3 Å². The molecule has 0 aromatic carbocycles. The van der Waals surface area contributed by atoms with Gasteiger partial charge in [-0.25, -0.2) is 9.97 Å². The van der Waals surface area contributed by atoms with Crippen molar-refractivity contribution >= 4 is 33.3 Å². The second kappa shape index (κ2) is 4.99. The number of anilines is 1. The van der Waals surface area contributed by atoms with Crippen LogP contribution in [0.3, 0.4) is 0 Å². The van der Waals surface area contributed by atoms with Crippen molar-refractivity contribution in [2.24, 2.45) is 0 Å². The highest BCUT2D eigenvalue weighted by atomic mass is 32.1. The zero-order valence-corrected chi connectivity index (χ0v) is 12.4. The van der Waals surface area contributed by atoms with Crippen LogP contribution in [-0.2, 0) is 0 Å². The van der Waals surface area contributed by atoms with Crippen molar-refractivity contribution < 1.29 is 4.79 Å². The van der Waals surface area contributed by atoms with E-state index in [-0.39, 0.29) is 5.91 Å². The van der Waals surface area contributed by atoms with Gasteiger partial charge in [0.15, 0.2) is 0 Å². The number of carbonyl (C=O) groups excluding carboxylic acids is 1. The van der Waals surface area contributed by atoms with Crippen molar-refractivity contribution in [3.63, 3.8) is 0 Å². The molecule has 0 saturated carbocycles. The number of amides is 1. The van der Waals surface area contributed by atoms with Gasteiger partial charge in [0.1, 0.15) is 15.2 Å². The van der Waals surface area contributed by atoms with Crippen LogP contribution in [-0.4, -0.2) is 58.4 Å². The third kappa shape index (κ3) is 2.12. The van der Waals surface area contributed by atoms with E-state index in [1.807, 2.05) is 4.90 Å². The molecule has 1 saturated heterocycles. The molecule has 7 heteroatoms. The number of piperazine rings is 1. The number of fused-ring (bicyclic) bond motifs is 1. The molecule has 3 heterocycles. The van der Waals surface area contributed by atoms with Gasteiger partial charge in [-0.1, -0.05) is 0 Å². The number of likely N-dealkylation sites (N-methyl/N-ethyl adjacent to an activating group) is 1. The third-order valence-electron chi connectivity index (χ3n) is 3.80. The molecule has 20 heavy (non-hydrogen) atoms. The molecule has 1 atom stereocenters. The summed E-state index contributed by atoms with van der Waals surface area (Å²) >= 11 is 1.32. The Kier molecular flexibility index (Phi) is 3.31. The number of rotatable bonds is 1. The average molecular weight is 291 g/mol. The molecule has 1 unspecified atom stereocenters. The molecule has 1 aliphatic rings. The fourth-order valence-electron chi connectivity index (χ4n) is 2.38. The van der Waals surface area contributed by atoms with E-state index < -0.39 is 0 Å². The summed E-state index contributed by atoms with van der Waals surface area (Å²) in [6.45, 7) is 4.46. The first-order valence-electron chi connectivity index (χ1n) is 6.56. The van der Waals surface area contributed by atoms with E-state index >= 15 is 0 Å². The lowest BCUT2D eigenvalue weighted by atomic mass is 10.2. The van der Waals surface area contributed by atoms with Crippen LogP contribution in [0.4, 0.5) is 5.69 Å². The van der Waals surface area contributed by atoms with Crippen LogP contribution >= 0.6 is 11.3 Å². The fourth-order valence-corrected chi connectivity index (χ4v) is 3.37. The lowest BCUT2D eigenvalue weighted by molar-refractivity contribution is 0.0578. The van der Waals surface area contributed by atoms with Crippen molar-refractivity contribution in [2.45, 2.75) is 13.0 Å². The van der Waals surface area contributed by atoms with Gasteiger partial charge in [0.2, 0.25) is 0 Å². The molecule has 2 aromatic heterocycles. The highest BCUT2D eigenvalue weighted by Crippen LogP contribution is 2.31. The number of nitrogens with two attached hydrogens (primary N) is 1. The first kappa shape index (κ1) is 13.3. The Bertz CT molecular complexity index is 655. The maximum absolute atomic E-state index is 12.6. The zero-order valence-electron chi connectivity index (χ0n) is 11.5. The van der Waals surface area contributed by atoms with E-state index in [0.717, 1.165) is 24.5 Å². The van der Waals surface area contributed by atoms with Gasteiger partial charge in [-0.3, -0.25) is 4.79 Å². The van der Waals surface area contributed by atoms with Crippen LogP contribution in [0, 0.1) is 0 Å². The average Bonchev–Trinajstić information content (AvgIpc) is 2.79. The smallest absolute Gasteiger partial charge is 0.266 e. The molecule has 0 aliphatic carbocycles. The first-order valence-corrected chi connectivity index (χ1v) is 7.38. The highest BCUT2D eigenvalue weighted by Gasteiger charge is 2.28. The largest absolute Gasteiger partial charge is 0.396 e. The normalized spacial score (nSPS) is 20.5. The Labute approximate surface area is 121 Å². The van der Waals surface area contributed by atoms with Crippen molar-refractivity contribution in [1.82, 2.24) is 19.8 Å². The van der Waals surface area contributed by atoms with Crippen LogP contribution < -0.4 is 5.73 Å². The summed E-state index contributed by atoms with van der Waals surface area (Å²) in [5, 5.41) is 0. The van der Waals surface area contributed by atoms with Crippen LogP contribution in [0.2, 0.25) is 0 Å². The topological polar surface area (TPSA) is 75.3 Å². The maximum Gasteiger partial charge on any atom is 0.266 e. The lowest BCUT2D eigenvalue weighted by Gasteiger charge is -2.37. The van der Waals surface area contributed by atoms with Gasteiger partial charge in [0.25, 0.3) is 5.91 Å². The van der Waals surface area contributed by atoms with Crippen LogP contribution in [0.15, 0.2) is 12.4 Å². The SMILES string of the molecule is CC1CN(C(=O)c2sc3nccnc3c2N)CCN1C. The standard InChI is InChI=1S/C13H17N5OS/c1-8-7-18(6-5-17(8)2)13(19)11-9(14)10-12(20-11)16-4-3-15-10/h3-4,8H,5-7,14H2,1-2H3. The highest BCUT2D eigenvalue weighted by molar-refractivity contribution is 7.21. The first-order chi connectivity index (χ1) is 9.58. The van der Waals surface area contributed by atoms with Gasteiger partial charge in [-0.15, -0.1) is 11.3 Å². The minimum atomic E-state index is -0.00718. The summed E-state index contributed by atoms with van der Waals surface area (Å²) in [6, 6.07) is 0.361. The molecule has 1 amide bonds. The Morgan fingerprint density at radius 2 is 2.15 bits per heavy atom. The van der Waals surface area contributed by atoms with Gasteiger partial charge < -0.3 is 15.5 Å². The molecule has 0 bridgehead atoms. The van der Waals surface area contributed by atoms with Crippen LogP contribution in [0.25, 0.3) is 10.3 Å². The Morgan fingerprint density at radius 3 is 2.85 bits per heavy atom. The summed E-state index contributed by atoms with van der Waals surface area (Å²) in [6.07, 6.45) is 3.21. The minimum absolute atomic E-state index is 0.00718. The molecule has 0 radical (unpaired) electrons. The lowest BCUT2D eigenvalue weighted by Crippen LogP contribution is -2.51. The number of hydrogen-bond acceptors (Lipinski definition) is 6. The second-order valence-electron chi connectivity index (χ2n) is 5.14. The second-order valence-corrected chi connectivity index (χ2v) is 6.13. The van der Waals surface area contributed by atoms with Crippen molar-refractivity contribution in [1.29, 1.82) is 0 Å². The summed E-state index contributed by atoms with van der Waals surface area (Å²) in [5.74, 6) is -0.00718. The van der Waals surface area contributed by atoms with Crippen molar-refractivity contribution in [3.8, 4) is 0 Å². The van der Waals surface area contributed by atoms with Gasteiger partial charge in [0, 0.05) is 38.1 Å². The summed E-state index contributed by atoms with van der Waals surface area (Å²) in [5.41, 5.74) is 7.14. The Morgan fingerprint density at radius 1 is 1.40 bits per heavy atom. The van der Waals surface area contributed by atoms with Gasteiger partial charge in [-0.2, -0.15) is 0 Å². The number of thiophene rings is 1. The molecular formula is C13H17N5OS. The maximum atomic E-state index is 12.6. The van der Waals surface area contributed by atoms with E-state index in [1.54, 1.807) is 12.4 Å². The van der Waals surface area contributed by atoms with Gasteiger partial charge in [-0.05, 0) is 14.0 Å². The Hall–Kier alpha value is -1.73. The summed E-state index contributed by atoms with van der Waals surface area (Å²) in [4.78, 5) is 26.4. The molecule has 0 spiro atoms. The van der Waals surface area contributed by atoms with E-state index in [2.05, 4.69) is 28.8 Å². The van der Waals surface area contributed by atoms with Gasteiger partial charge >= 0.3 is 0 Å². The van der Waals surface area contributed by atoms with Crippen molar-refractivity contribution in [3.05, 3.63) is 17.3 Å². The zero-order chi connectivity index (χ0) is 14.3. The minimum Gasteiger partial charge on any atom is -0.396 e. The quantitative estimate of drug-likeness (QED) is 0.850. The molecule has 2 N–H and O–H groups in total. The molecule has 3 rings (SSSR count). The number of nitrogens with zero attached hydrogens (tertiary/aromatic N) is 4. The fraction of sp³-hybridized carbons (Fsp3) is 0.462. The van der Waals surface area contributed by atoms with E-state index in [4.69, 9.17) is 5.73 Å². The molecule has 106 valence electrons. The Balaban J connectivity index is 1.91. The molecule has 6 nitrogen and oxygen atoms in total. The third-order valence-corrected chi connectivity index (χ3v) is 4.90. The molecule has 1 fully saturated rings. The number of hydrogen-bond donors (Lipinski definition) is 1. The molecular weight excluding hydrogens is 274 g/mol. The van der Waals surface area contributed by atoms with Crippen LogP contribution in [0.5, 0.6) is 0 Å². The van der Waals surface area contributed by atoms with Crippen molar-refractivity contribution in [2.75, 3.05) is 32.4 Å². The van der Waals surface area contributed by atoms with Gasteiger partial charge in [0.05, 0.1) is 5.69 Å². The summed E-state index contributed by atoms with van der Waals surface area (Å²) < 4.78 is 0. The molecule has 2 aromatic rings. The van der Waals surface area contributed by atoms with E-state index in [0.29, 0.717) is 22.1 Å². The molecule has 1 aliphatic heterocycles. The predicted octanol–water partition coefficient (Wildman–Crippen LogP) is 1.05. The number of aromatic nitrogens is 2. The monoisotopic (exact) mass is 291 g/mol.